The molecule has 2 heterocycles. The van der Waals surface area contributed by atoms with Gasteiger partial charge >= 0.3 is 0 Å². The van der Waals surface area contributed by atoms with Crippen molar-refractivity contribution < 1.29 is 8.91 Å². The van der Waals surface area contributed by atoms with Crippen LogP contribution in [0.5, 0.6) is 0 Å². The second kappa shape index (κ2) is 6.15. The third kappa shape index (κ3) is 3.17. The second-order valence-electron chi connectivity index (χ2n) is 8.24. The maximum absolute atomic E-state index is 14.1. The molecule has 0 atom stereocenters. The summed E-state index contributed by atoms with van der Waals surface area (Å²) >= 11 is 5.85. The summed E-state index contributed by atoms with van der Waals surface area (Å²) in [6, 6.07) is 1.83. The Kier molecular flexibility index (Phi) is 4.17. The van der Waals surface area contributed by atoms with E-state index in [0.717, 1.165) is 50.9 Å². The smallest absolute Gasteiger partial charge is 0.263 e. The highest BCUT2D eigenvalue weighted by Crippen LogP contribution is 2.57. The molecule has 0 amide bonds. The van der Waals surface area contributed by atoms with E-state index in [9.17, 15) is 4.39 Å². The fraction of sp³-hybridized carbons (Fsp3) is 0.667. The molecule has 2 bridgehead atoms. The van der Waals surface area contributed by atoms with Gasteiger partial charge in [0, 0.05) is 18.2 Å². The Morgan fingerprint density at radius 1 is 1.19 bits per heavy atom. The zero-order valence-electron chi connectivity index (χ0n) is 15.1. The van der Waals surface area contributed by atoms with Gasteiger partial charge < -0.3 is 9.84 Å². The summed E-state index contributed by atoms with van der Waals surface area (Å²) in [5.41, 5.74) is -1.41. The molecule has 0 unspecified atom stereocenters. The number of anilines is 1. The van der Waals surface area contributed by atoms with E-state index in [0.29, 0.717) is 5.82 Å². The molecule has 3 fully saturated rings. The van der Waals surface area contributed by atoms with Gasteiger partial charge in [-0.15, -0.1) is 0 Å². The average Bonchev–Trinajstić information content (AvgIpc) is 3.13. The van der Waals surface area contributed by atoms with E-state index in [1.807, 2.05) is 6.07 Å². The van der Waals surface area contributed by atoms with E-state index < -0.39 is 5.67 Å². The van der Waals surface area contributed by atoms with E-state index in [1.54, 1.807) is 6.20 Å². The molecule has 3 saturated carbocycles. The Hall–Kier alpha value is -1.76. The second-order valence-corrected chi connectivity index (χ2v) is 8.58. The van der Waals surface area contributed by atoms with Crippen LogP contribution in [0.2, 0.25) is 5.28 Å². The summed E-state index contributed by atoms with van der Waals surface area (Å²) in [5.74, 6) is 1.52. The van der Waals surface area contributed by atoms with Crippen molar-refractivity contribution in [3.63, 3.8) is 0 Å². The van der Waals surface area contributed by atoms with E-state index in [-0.39, 0.29) is 22.0 Å². The van der Waals surface area contributed by atoms with Gasteiger partial charge in [0.2, 0.25) is 5.28 Å². The Balaban J connectivity index is 1.44. The fourth-order valence-corrected chi connectivity index (χ4v) is 4.40. The van der Waals surface area contributed by atoms with Crippen LogP contribution in [0.3, 0.4) is 0 Å². The molecule has 3 aliphatic rings. The predicted octanol–water partition coefficient (Wildman–Crippen LogP) is 4.42. The van der Waals surface area contributed by atoms with Crippen LogP contribution < -0.4 is 5.32 Å². The molecule has 6 nitrogen and oxygen atoms in total. The van der Waals surface area contributed by atoms with E-state index >= 15 is 0 Å². The molecule has 26 heavy (non-hydrogen) atoms. The molecular weight excluding hydrogens is 357 g/mol. The molecular formula is C18H23ClFN5O. The Morgan fingerprint density at radius 3 is 2.46 bits per heavy atom. The minimum absolute atomic E-state index is 0.0625. The Labute approximate surface area is 156 Å². The molecule has 2 aromatic heterocycles. The normalized spacial score (nSPS) is 28.3. The summed E-state index contributed by atoms with van der Waals surface area (Å²) in [7, 11) is 0. The van der Waals surface area contributed by atoms with Crippen molar-refractivity contribution in [3.8, 4) is 0 Å². The van der Waals surface area contributed by atoms with Crippen molar-refractivity contribution in [3.05, 3.63) is 29.3 Å². The Morgan fingerprint density at radius 2 is 1.88 bits per heavy atom. The van der Waals surface area contributed by atoms with Gasteiger partial charge in [0.15, 0.2) is 11.5 Å². The zero-order valence-corrected chi connectivity index (χ0v) is 15.8. The molecule has 0 saturated heterocycles. The monoisotopic (exact) mass is 379 g/mol. The number of fused-ring (bicyclic) bond motifs is 3. The average molecular weight is 380 g/mol. The van der Waals surface area contributed by atoms with Crippen molar-refractivity contribution in [1.29, 1.82) is 0 Å². The van der Waals surface area contributed by atoms with Crippen molar-refractivity contribution in [2.75, 3.05) is 11.9 Å². The van der Waals surface area contributed by atoms with Crippen molar-refractivity contribution in [2.45, 2.75) is 63.5 Å². The van der Waals surface area contributed by atoms with Gasteiger partial charge in [-0.1, -0.05) is 5.16 Å². The molecule has 3 aliphatic carbocycles. The van der Waals surface area contributed by atoms with Crippen LogP contribution in [-0.4, -0.2) is 26.7 Å². The van der Waals surface area contributed by atoms with Crippen molar-refractivity contribution in [2.24, 2.45) is 5.41 Å². The quantitative estimate of drug-likeness (QED) is 0.775. The molecule has 140 valence electrons. The number of hydrogen-bond donors (Lipinski definition) is 1. The number of nitrogens with one attached hydrogen (secondary N) is 1. The van der Waals surface area contributed by atoms with Crippen molar-refractivity contribution in [1.82, 2.24) is 20.1 Å². The number of aromatic nitrogens is 4. The highest BCUT2D eigenvalue weighted by Gasteiger charge is 2.51. The topological polar surface area (TPSA) is 76.7 Å². The maximum Gasteiger partial charge on any atom is 0.263 e. The molecule has 0 radical (unpaired) electrons. The molecule has 0 aliphatic heterocycles. The number of nitrogens with zero attached hydrogens (tertiary/aromatic N) is 4. The minimum atomic E-state index is -1.60. The molecule has 0 spiro atoms. The lowest BCUT2D eigenvalue weighted by atomic mass is 9.53. The van der Waals surface area contributed by atoms with Crippen LogP contribution in [0.25, 0.3) is 0 Å². The molecule has 8 heteroatoms. The third-order valence-electron chi connectivity index (χ3n) is 6.08. The van der Waals surface area contributed by atoms with Gasteiger partial charge in [-0.05, 0) is 75.5 Å². The Bertz CT molecular complexity index is 778. The van der Waals surface area contributed by atoms with Crippen LogP contribution in [0.1, 0.15) is 64.1 Å². The first kappa shape index (κ1) is 17.6. The molecule has 1 N–H and O–H groups in total. The third-order valence-corrected chi connectivity index (χ3v) is 6.26. The van der Waals surface area contributed by atoms with Crippen molar-refractivity contribution >= 4 is 17.4 Å². The standard InChI is InChI=1S/C18H23ClFN5O/c1-16(2,20)14-24-13(25-26-14)18-7-4-17(5-8-18,6-9-18)11-22-12-3-10-21-15(19)23-12/h3,10H,4-9,11H2,1-2H3,(H,21,22,23). The lowest BCUT2D eigenvalue weighted by molar-refractivity contribution is 0.0444. The van der Waals surface area contributed by atoms with Crippen LogP contribution in [-0.2, 0) is 11.1 Å². The lowest BCUT2D eigenvalue weighted by Gasteiger charge is -2.52. The minimum Gasteiger partial charge on any atom is -0.369 e. The van der Waals surface area contributed by atoms with Gasteiger partial charge in [-0.2, -0.15) is 4.98 Å². The maximum atomic E-state index is 14.1. The largest absolute Gasteiger partial charge is 0.369 e. The lowest BCUT2D eigenvalue weighted by Crippen LogP contribution is -2.47. The van der Waals surface area contributed by atoms with Gasteiger partial charge in [0.25, 0.3) is 5.89 Å². The number of hydrogen-bond acceptors (Lipinski definition) is 6. The highest BCUT2D eigenvalue weighted by molar-refractivity contribution is 6.28. The fourth-order valence-electron chi connectivity index (χ4n) is 4.26. The number of rotatable bonds is 5. The summed E-state index contributed by atoms with van der Waals surface area (Å²) in [6.07, 6.45) is 7.92. The predicted molar refractivity (Wildman–Crippen MR) is 95.8 cm³/mol. The molecule has 5 rings (SSSR count). The summed E-state index contributed by atoms with van der Waals surface area (Å²) < 4.78 is 19.3. The van der Waals surface area contributed by atoms with Crippen LogP contribution >= 0.6 is 11.6 Å². The van der Waals surface area contributed by atoms with E-state index in [4.69, 9.17) is 16.1 Å². The van der Waals surface area contributed by atoms with Gasteiger partial charge in [-0.3, -0.25) is 0 Å². The summed E-state index contributed by atoms with van der Waals surface area (Å²) in [4.78, 5) is 12.5. The van der Waals surface area contributed by atoms with Crippen LogP contribution in [0.4, 0.5) is 10.2 Å². The summed E-state index contributed by atoms with van der Waals surface area (Å²) in [6.45, 7) is 3.75. The summed E-state index contributed by atoms with van der Waals surface area (Å²) in [5, 5.41) is 7.79. The molecule has 2 aromatic rings. The number of halogens is 2. The van der Waals surface area contributed by atoms with Crippen LogP contribution in [0.15, 0.2) is 16.8 Å². The van der Waals surface area contributed by atoms with E-state index in [1.165, 1.54) is 13.8 Å². The number of alkyl halides is 1. The first-order valence-corrected chi connectivity index (χ1v) is 9.44. The van der Waals surface area contributed by atoms with E-state index in [2.05, 4.69) is 25.4 Å². The molecule has 0 aromatic carbocycles. The zero-order chi connectivity index (χ0) is 18.4. The first-order valence-electron chi connectivity index (χ1n) is 9.06. The van der Waals surface area contributed by atoms with Gasteiger partial charge in [0.05, 0.1) is 0 Å². The van der Waals surface area contributed by atoms with Gasteiger partial charge in [0.1, 0.15) is 5.82 Å². The first-order chi connectivity index (χ1) is 12.3. The van der Waals surface area contributed by atoms with Gasteiger partial charge in [-0.25, -0.2) is 14.4 Å². The SMILES string of the molecule is CC(C)(F)c1nc(C23CCC(CNc4ccnc(Cl)n4)(CC2)CC3)no1. The highest BCUT2D eigenvalue weighted by atomic mass is 35.5. The van der Waals surface area contributed by atoms with Crippen LogP contribution in [0, 0.1) is 5.41 Å².